The number of hydrogen-bond acceptors (Lipinski definition) is 2. The van der Waals surface area contributed by atoms with Crippen LogP contribution in [0.2, 0.25) is 0 Å². The van der Waals surface area contributed by atoms with Crippen LogP contribution in [-0.4, -0.2) is 4.98 Å². The molecule has 0 N–H and O–H groups in total. The first-order valence-corrected chi connectivity index (χ1v) is 6.44. The molecule has 0 spiro atoms. The van der Waals surface area contributed by atoms with E-state index in [4.69, 9.17) is 4.74 Å². The van der Waals surface area contributed by atoms with Crippen molar-refractivity contribution >= 4 is 15.9 Å². The average molecular weight is 310 g/mol. The molecule has 18 heavy (non-hydrogen) atoms. The van der Waals surface area contributed by atoms with Gasteiger partial charge >= 0.3 is 0 Å². The molecule has 0 radical (unpaired) electrons. The third-order valence-electron chi connectivity index (χ3n) is 2.51. The monoisotopic (exact) mass is 309 g/mol. The second kappa shape index (κ2) is 5.48. The summed E-state index contributed by atoms with van der Waals surface area (Å²) in [4.78, 5) is 3.90. The Labute approximate surface area is 114 Å². The maximum atomic E-state index is 13.6. The van der Waals surface area contributed by atoms with Crippen LogP contribution in [0.15, 0.2) is 41.0 Å². The Morgan fingerprint density at radius 1 is 1.28 bits per heavy atom. The third kappa shape index (κ3) is 3.07. The molecule has 0 aliphatic heterocycles. The van der Waals surface area contributed by atoms with Crippen LogP contribution in [0.3, 0.4) is 0 Å². The Morgan fingerprint density at radius 2 is 2.06 bits per heavy atom. The van der Waals surface area contributed by atoms with Crippen molar-refractivity contribution in [3.05, 3.63) is 52.4 Å². The molecular weight excluding hydrogens is 297 g/mol. The van der Waals surface area contributed by atoms with Gasteiger partial charge in [0.2, 0.25) is 0 Å². The molecular formula is C14H13BrFNO. The molecule has 0 saturated carbocycles. The van der Waals surface area contributed by atoms with Crippen molar-refractivity contribution in [2.24, 2.45) is 0 Å². The Hall–Kier alpha value is -1.42. The second-order valence-corrected chi connectivity index (χ2v) is 5.19. The minimum absolute atomic E-state index is 0.0147. The number of nitrogens with zero attached hydrogens (tertiary/aromatic N) is 1. The Bertz CT molecular complexity index is 557. The average Bonchev–Trinajstić information content (AvgIpc) is 2.33. The van der Waals surface area contributed by atoms with Crippen molar-refractivity contribution in [2.45, 2.75) is 19.8 Å². The lowest BCUT2D eigenvalue weighted by molar-refractivity contribution is 0.421. The van der Waals surface area contributed by atoms with Gasteiger partial charge in [-0.05, 0) is 45.6 Å². The third-order valence-corrected chi connectivity index (χ3v) is 2.95. The first kappa shape index (κ1) is 13.0. The van der Waals surface area contributed by atoms with Crippen molar-refractivity contribution in [3.63, 3.8) is 0 Å². The molecule has 0 atom stereocenters. The first-order chi connectivity index (χ1) is 8.56. The highest BCUT2D eigenvalue weighted by molar-refractivity contribution is 9.10. The van der Waals surface area contributed by atoms with Gasteiger partial charge in [0.25, 0.3) is 5.88 Å². The molecule has 0 fully saturated rings. The maximum Gasteiger partial charge on any atom is 0.255 e. The van der Waals surface area contributed by atoms with E-state index in [1.165, 1.54) is 12.3 Å². The van der Waals surface area contributed by atoms with Crippen LogP contribution in [0.25, 0.3) is 0 Å². The lowest BCUT2D eigenvalue weighted by Crippen LogP contribution is -1.93. The van der Waals surface area contributed by atoms with Crippen LogP contribution in [0.5, 0.6) is 11.6 Å². The molecule has 0 bridgehead atoms. The van der Waals surface area contributed by atoms with Crippen LogP contribution in [0, 0.1) is 5.82 Å². The lowest BCUT2D eigenvalue weighted by Gasteiger charge is -2.09. The van der Waals surface area contributed by atoms with Crippen molar-refractivity contribution in [1.29, 1.82) is 0 Å². The van der Waals surface area contributed by atoms with E-state index in [0.717, 1.165) is 5.56 Å². The van der Waals surface area contributed by atoms with Gasteiger partial charge in [-0.15, -0.1) is 0 Å². The fourth-order valence-corrected chi connectivity index (χ4v) is 1.83. The lowest BCUT2D eigenvalue weighted by atomic mass is 10.0. The smallest absolute Gasteiger partial charge is 0.255 e. The molecule has 1 aromatic heterocycles. The molecule has 0 saturated heterocycles. The molecule has 1 heterocycles. The number of aromatic nitrogens is 1. The molecule has 94 valence electrons. The molecule has 2 aromatic rings. The molecule has 4 heteroatoms. The first-order valence-electron chi connectivity index (χ1n) is 5.65. The van der Waals surface area contributed by atoms with Gasteiger partial charge in [-0.25, -0.2) is 9.37 Å². The van der Waals surface area contributed by atoms with Crippen molar-refractivity contribution in [3.8, 4) is 11.6 Å². The quantitative estimate of drug-likeness (QED) is 0.804. The number of hydrogen-bond donors (Lipinski definition) is 0. The maximum absolute atomic E-state index is 13.6. The van der Waals surface area contributed by atoms with E-state index in [-0.39, 0.29) is 5.88 Å². The van der Waals surface area contributed by atoms with E-state index in [2.05, 4.69) is 34.8 Å². The zero-order valence-corrected chi connectivity index (χ0v) is 11.7. The fraction of sp³-hybridized carbons (Fsp3) is 0.214. The number of benzene rings is 1. The summed E-state index contributed by atoms with van der Waals surface area (Å²) in [6, 6.07) is 8.92. The topological polar surface area (TPSA) is 22.1 Å². The minimum atomic E-state index is -0.487. The van der Waals surface area contributed by atoms with E-state index in [1.54, 1.807) is 6.07 Å². The summed E-state index contributed by atoms with van der Waals surface area (Å²) in [6.07, 6.45) is 1.50. The highest BCUT2D eigenvalue weighted by Gasteiger charge is 2.08. The van der Waals surface area contributed by atoms with Gasteiger partial charge in [-0.2, -0.15) is 0 Å². The molecule has 1 aromatic carbocycles. The Balaban J connectivity index is 2.25. The van der Waals surface area contributed by atoms with Gasteiger partial charge < -0.3 is 4.74 Å². The van der Waals surface area contributed by atoms with E-state index in [1.807, 2.05) is 18.2 Å². The number of ether oxygens (including phenoxy) is 1. The van der Waals surface area contributed by atoms with E-state index < -0.39 is 5.82 Å². The molecule has 2 nitrogen and oxygen atoms in total. The molecule has 0 amide bonds. The largest absolute Gasteiger partial charge is 0.436 e. The van der Waals surface area contributed by atoms with E-state index in [0.29, 0.717) is 16.1 Å². The number of halogens is 2. The minimum Gasteiger partial charge on any atom is -0.436 e. The van der Waals surface area contributed by atoms with Crippen LogP contribution in [0.1, 0.15) is 25.3 Å². The number of pyridine rings is 1. The Kier molecular flexibility index (Phi) is 3.97. The normalized spacial score (nSPS) is 10.7. The zero-order chi connectivity index (χ0) is 13.1. The summed E-state index contributed by atoms with van der Waals surface area (Å²) >= 11 is 3.15. The predicted molar refractivity (Wildman–Crippen MR) is 72.5 cm³/mol. The number of rotatable bonds is 3. The molecule has 0 unspecified atom stereocenters. The molecule has 0 aliphatic rings. The predicted octanol–water partition coefficient (Wildman–Crippen LogP) is 4.90. The van der Waals surface area contributed by atoms with Crippen LogP contribution in [0.4, 0.5) is 4.39 Å². The molecule has 2 rings (SSSR count). The van der Waals surface area contributed by atoms with Gasteiger partial charge in [0.05, 0.1) is 0 Å². The van der Waals surface area contributed by atoms with Crippen molar-refractivity contribution < 1.29 is 9.13 Å². The summed E-state index contributed by atoms with van der Waals surface area (Å²) in [5.74, 6) is 0.490. The zero-order valence-electron chi connectivity index (χ0n) is 10.2. The SMILES string of the molecule is CC(C)c1cccc(Oc2ncc(Br)cc2F)c1. The second-order valence-electron chi connectivity index (χ2n) is 4.27. The van der Waals surface area contributed by atoms with E-state index >= 15 is 0 Å². The van der Waals surface area contributed by atoms with Crippen LogP contribution in [-0.2, 0) is 0 Å². The van der Waals surface area contributed by atoms with E-state index in [9.17, 15) is 4.39 Å². The summed E-state index contributed by atoms with van der Waals surface area (Å²) < 4.78 is 19.6. The standard InChI is InChI=1S/C14H13BrFNO/c1-9(2)10-4-3-5-12(6-10)18-14-13(16)7-11(15)8-17-14/h3-9H,1-2H3. The summed E-state index contributed by atoms with van der Waals surface area (Å²) in [5, 5.41) is 0. The van der Waals surface area contributed by atoms with Gasteiger partial charge in [-0.1, -0.05) is 26.0 Å². The van der Waals surface area contributed by atoms with Gasteiger partial charge in [0.15, 0.2) is 5.82 Å². The van der Waals surface area contributed by atoms with Gasteiger partial charge in [-0.3, -0.25) is 0 Å². The van der Waals surface area contributed by atoms with Crippen molar-refractivity contribution in [2.75, 3.05) is 0 Å². The van der Waals surface area contributed by atoms with Crippen molar-refractivity contribution in [1.82, 2.24) is 4.98 Å². The molecule has 0 aliphatic carbocycles. The highest BCUT2D eigenvalue weighted by atomic mass is 79.9. The fourth-order valence-electron chi connectivity index (χ4n) is 1.53. The summed E-state index contributed by atoms with van der Waals surface area (Å²) in [5.41, 5.74) is 1.14. The van der Waals surface area contributed by atoms with Crippen LogP contribution < -0.4 is 4.74 Å². The highest BCUT2D eigenvalue weighted by Crippen LogP contribution is 2.26. The summed E-state index contributed by atoms with van der Waals surface area (Å²) in [6.45, 7) is 4.19. The van der Waals surface area contributed by atoms with Crippen LogP contribution >= 0.6 is 15.9 Å². The van der Waals surface area contributed by atoms with Gasteiger partial charge in [0, 0.05) is 10.7 Å². The van der Waals surface area contributed by atoms with Gasteiger partial charge in [0.1, 0.15) is 5.75 Å². The Morgan fingerprint density at radius 3 is 2.72 bits per heavy atom. The summed E-state index contributed by atoms with van der Waals surface area (Å²) in [7, 11) is 0.